The van der Waals surface area contributed by atoms with Crippen molar-refractivity contribution in [2.24, 2.45) is 0 Å². The lowest BCUT2D eigenvalue weighted by atomic mass is 9.93. The summed E-state index contributed by atoms with van der Waals surface area (Å²) in [5, 5.41) is 13.5. The Balaban J connectivity index is 1.74. The van der Waals surface area contributed by atoms with Crippen molar-refractivity contribution in [3.8, 4) is 28.3 Å². The van der Waals surface area contributed by atoms with Gasteiger partial charge in [0.25, 0.3) is 11.6 Å². The van der Waals surface area contributed by atoms with Crippen LogP contribution in [0.15, 0.2) is 60.7 Å². The fraction of sp³-hybridized carbons (Fsp3) is 0.241. The molecule has 4 aromatic rings. The number of nitrogens with one attached hydrogen (secondary N) is 2. The highest BCUT2D eigenvalue weighted by atomic mass is 19.3. The highest BCUT2D eigenvalue weighted by Gasteiger charge is 2.32. The lowest BCUT2D eigenvalue weighted by Crippen LogP contribution is -2.39. The van der Waals surface area contributed by atoms with Gasteiger partial charge in [-0.25, -0.2) is 13.8 Å². The van der Waals surface area contributed by atoms with Gasteiger partial charge in [-0.05, 0) is 65.6 Å². The Kier molecular flexibility index (Phi) is 7.67. The maximum absolute atomic E-state index is 14.1. The highest BCUT2D eigenvalue weighted by Crippen LogP contribution is 2.38. The van der Waals surface area contributed by atoms with Gasteiger partial charge in [0.1, 0.15) is 5.75 Å². The van der Waals surface area contributed by atoms with E-state index in [1.807, 2.05) is 32.0 Å². The molecule has 0 unspecified atom stereocenters. The standard InChI is InChI=1S/C29H27F4N3O3/c1-5-29(32,33)20-10-7-11-21(15-20)35-27(37)25-18(4)34-26(36(25)38)19-12-13-23(39-28(30)31)22(14-19)24-16(2)8-6-9-17(24)3/h6-15,28,38H,5H2,1-4H3,(H,35,37)/p+1. The maximum atomic E-state index is 14.1. The zero-order chi connectivity index (χ0) is 28.5. The molecule has 0 fully saturated rings. The molecule has 6 nitrogen and oxygen atoms in total. The number of aromatic nitrogens is 2. The topological polar surface area (TPSA) is 78.2 Å². The Labute approximate surface area is 222 Å². The van der Waals surface area contributed by atoms with Crippen LogP contribution in [0, 0.1) is 20.8 Å². The van der Waals surface area contributed by atoms with E-state index in [-0.39, 0.29) is 28.5 Å². The van der Waals surface area contributed by atoms with Crippen LogP contribution in [0.1, 0.15) is 46.2 Å². The number of H-pyrrole nitrogens is 1. The van der Waals surface area contributed by atoms with Gasteiger partial charge in [0, 0.05) is 30.2 Å². The second-order valence-electron chi connectivity index (χ2n) is 9.21. The fourth-order valence-corrected chi connectivity index (χ4v) is 4.55. The first kappa shape index (κ1) is 27.7. The minimum Gasteiger partial charge on any atom is -0.434 e. The molecule has 0 atom stereocenters. The minimum atomic E-state index is -3.05. The van der Waals surface area contributed by atoms with Crippen molar-refractivity contribution in [1.29, 1.82) is 0 Å². The number of alkyl halides is 4. The van der Waals surface area contributed by atoms with Crippen LogP contribution in [-0.4, -0.2) is 22.7 Å². The number of carbonyl (C=O) groups is 1. The number of hydrogen-bond donors (Lipinski definition) is 3. The van der Waals surface area contributed by atoms with Crippen molar-refractivity contribution in [3.05, 3.63) is 88.7 Å². The van der Waals surface area contributed by atoms with E-state index >= 15 is 0 Å². The fourth-order valence-electron chi connectivity index (χ4n) is 4.55. The SMILES string of the molecule is CCC(F)(F)c1cccc(NC(=O)c2c(C)[nH]c(-c3ccc(OC(F)F)c(-c4c(C)cccc4C)c3)[n+]2O)c1. The molecule has 10 heteroatoms. The van der Waals surface area contributed by atoms with Crippen LogP contribution >= 0.6 is 0 Å². The molecule has 4 rings (SSSR count). The molecule has 204 valence electrons. The van der Waals surface area contributed by atoms with Crippen molar-refractivity contribution < 1.29 is 37.0 Å². The summed E-state index contributed by atoms with van der Waals surface area (Å²) in [5.41, 5.74) is 3.18. The molecular weight excluding hydrogens is 514 g/mol. The second-order valence-corrected chi connectivity index (χ2v) is 9.21. The third-order valence-electron chi connectivity index (χ3n) is 6.51. The largest absolute Gasteiger partial charge is 0.434 e. The Morgan fingerprint density at radius 2 is 1.72 bits per heavy atom. The summed E-state index contributed by atoms with van der Waals surface area (Å²) < 4.78 is 60.1. The van der Waals surface area contributed by atoms with Crippen LogP contribution < -0.4 is 14.8 Å². The van der Waals surface area contributed by atoms with Crippen molar-refractivity contribution in [2.75, 3.05) is 5.32 Å². The number of amides is 1. The van der Waals surface area contributed by atoms with Crippen LogP contribution in [-0.2, 0) is 5.92 Å². The molecular formula is C29H28F4N3O3+. The number of imidazole rings is 1. The van der Waals surface area contributed by atoms with Crippen LogP contribution in [0.25, 0.3) is 22.5 Å². The molecule has 0 spiro atoms. The lowest BCUT2D eigenvalue weighted by molar-refractivity contribution is -0.896. The quantitative estimate of drug-likeness (QED) is 0.126. The van der Waals surface area contributed by atoms with E-state index in [0.717, 1.165) is 11.1 Å². The van der Waals surface area contributed by atoms with Gasteiger partial charge in [0.15, 0.2) is 5.69 Å². The molecule has 0 aliphatic heterocycles. The Morgan fingerprint density at radius 1 is 1.05 bits per heavy atom. The molecule has 0 aliphatic rings. The van der Waals surface area contributed by atoms with E-state index in [0.29, 0.717) is 27.1 Å². The number of aryl methyl sites for hydroxylation is 3. The molecule has 0 bridgehead atoms. The van der Waals surface area contributed by atoms with E-state index in [1.165, 1.54) is 43.3 Å². The highest BCUT2D eigenvalue weighted by molar-refractivity contribution is 6.02. The Bertz CT molecular complexity index is 1510. The molecule has 3 N–H and O–H groups in total. The van der Waals surface area contributed by atoms with Crippen molar-refractivity contribution in [1.82, 2.24) is 4.98 Å². The Morgan fingerprint density at radius 3 is 2.36 bits per heavy atom. The first-order valence-corrected chi connectivity index (χ1v) is 12.2. The molecule has 0 saturated carbocycles. The first-order valence-electron chi connectivity index (χ1n) is 12.2. The summed E-state index contributed by atoms with van der Waals surface area (Å²) in [6.07, 6.45) is -0.396. The zero-order valence-electron chi connectivity index (χ0n) is 21.8. The van der Waals surface area contributed by atoms with Crippen molar-refractivity contribution in [3.63, 3.8) is 0 Å². The predicted molar refractivity (Wildman–Crippen MR) is 138 cm³/mol. The Hall–Kier alpha value is -4.34. The normalized spacial score (nSPS) is 11.6. The summed E-state index contributed by atoms with van der Waals surface area (Å²) in [4.78, 5) is 16.0. The number of aromatic amines is 1. The molecule has 0 saturated heterocycles. The van der Waals surface area contributed by atoms with Crippen LogP contribution in [0.3, 0.4) is 0 Å². The molecule has 1 heterocycles. The van der Waals surface area contributed by atoms with Crippen molar-refractivity contribution in [2.45, 2.75) is 46.6 Å². The van der Waals surface area contributed by atoms with Crippen LogP contribution in [0.2, 0.25) is 0 Å². The van der Waals surface area contributed by atoms with Gasteiger partial charge in [-0.15, -0.1) is 0 Å². The van der Waals surface area contributed by atoms with E-state index in [2.05, 4.69) is 10.3 Å². The average Bonchev–Trinajstić information content (AvgIpc) is 3.18. The van der Waals surface area contributed by atoms with E-state index in [9.17, 15) is 27.6 Å². The van der Waals surface area contributed by atoms with Gasteiger partial charge < -0.3 is 15.3 Å². The number of benzene rings is 3. The van der Waals surface area contributed by atoms with Gasteiger partial charge in [-0.2, -0.15) is 8.78 Å². The summed E-state index contributed by atoms with van der Waals surface area (Å²) >= 11 is 0. The number of anilines is 1. The third-order valence-corrected chi connectivity index (χ3v) is 6.51. The van der Waals surface area contributed by atoms with E-state index < -0.39 is 24.9 Å². The summed E-state index contributed by atoms with van der Waals surface area (Å²) in [5.74, 6) is -3.72. The van der Waals surface area contributed by atoms with Gasteiger partial charge in [-0.1, -0.05) is 37.3 Å². The molecule has 0 radical (unpaired) electrons. The molecule has 39 heavy (non-hydrogen) atoms. The summed E-state index contributed by atoms with van der Waals surface area (Å²) in [7, 11) is 0. The summed E-state index contributed by atoms with van der Waals surface area (Å²) in [6.45, 7) is 3.58. The monoisotopic (exact) mass is 542 g/mol. The molecule has 3 aromatic carbocycles. The maximum Gasteiger partial charge on any atom is 0.387 e. The third kappa shape index (κ3) is 5.59. The van der Waals surface area contributed by atoms with Gasteiger partial charge in [0.2, 0.25) is 0 Å². The van der Waals surface area contributed by atoms with Crippen LogP contribution in [0.4, 0.5) is 23.2 Å². The smallest absolute Gasteiger partial charge is 0.387 e. The molecule has 1 amide bonds. The summed E-state index contributed by atoms with van der Waals surface area (Å²) in [6, 6.07) is 15.3. The number of ether oxygens (including phenoxy) is 1. The lowest BCUT2D eigenvalue weighted by Gasteiger charge is -2.15. The predicted octanol–water partition coefficient (Wildman–Crippen LogP) is 7.15. The average molecular weight is 543 g/mol. The number of hydrogen-bond acceptors (Lipinski definition) is 3. The van der Waals surface area contributed by atoms with Gasteiger partial charge >= 0.3 is 18.3 Å². The minimum absolute atomic E-state index is 0.0411. The number of halogens is 4. The molecule has 0 aliphatic carbocycles. The second kappa shape index (κ2) is 10.8. The number of carbonyl (C=O) groups excluding carboxylic acids is 1. The number of nitrogens with zero attached hydrogens (tertiary/aromatic N) is 1. The molecule has 1 aromatic heterocycles. The van der Waals surface area contributed by atoms with E-state index in [4.69, 9.17) is 4.74 Å². The van der Waals surface area contributed by atoms with Gasteiger partial charge in [-0.3, -0.25) is 4.79 Å². The van der Waals surface area contributed by atoms with E-state index in [1.54, 1.807) is 13.0 Å². The first-order chi connectivity index (χ1) is 18.4. The van der Waals surface area contributed by atoms with Gasteiger partial charge in [0.05, 0.1) is 5.56 Å². The zero-order valence-corrected chi connectivity index (χ0v) is 21.8. The number of rotatable bonds is 8. The van der Waals surface area contributed by atoms with Crippen molar-refractivity contribution >= 4 is 11.6 Å². The van der Waals surface area contributed by atoms with Crippen LogP contribution in [0.5, 0.6) is 5.75 Å².